The van der Waals surface area contributed by atoms with Crippen LogP contribution in [-0.2, 0) is 109 Å². The minimum absolute atomic E-state index is 0.0360. The van der Waals surface area contributed by atoms with Crippen LogP contribution in [0.3, 0.4) is 0 Å². The summed E-state index contributed by atoms with van der Waals surface area (Å²) in [5.41, 5.74) is 0. The van der Waals surface area contributed by atoms with Gasteiger partial charge < -0.3 is 159 Å². The lowest BCUT2D eigenvalue weighted by molar-refractivity contribution is -0.272. The highest BCUT2D eigenvalue weighted by Crippen LogP contribution is 2.36. The number of ether oxygens (including phenoxy) is 13. The highest BCUT2D eigenvalue weighted by atomic mass is 31.2. The van der Waals surface area contributed by atoms with Gasteiger partial charge in [0.1, 0.15) is 85.1 Å². The molecule has 8 amide bonds. The van der Waals surface area contributed by atoms with Crippen LogP contribution in [0.15, 0.2) is 0 Å². The molecule has 0 aromatic rings. The van der Waals surface area contributed by atoms with Crippen LogP contribution in [-0.4, -0.2) is 367 Å². The van der Waals surface area contributed by atoms with Gasteiger partial charge in [0.05, 0.1) is 139 Å². The van der Waals surface area contributed by atoms with Crippen molar-refractivity contribution in [2.75, 3.05) is 165 Å². The van der Waals surface area contributed by atoms with Gasteiger partial charge in [0, 0.05) is 66.3 Å². The number of nitrogens with one attached hydrogen (secondary N) is 8. The van der Waals surface area contributed by atoms with Crippen LogP contribution in [0.2, 0.25) is 0 Å². The van der Waals surface area contributed by atoms with Crippen LogP contribution in [0.5, 0.6) is 0 Å². The van der Waals surface area contributed by atoms with E-state index in [9.17, 15) is 88.9 Å². The fourth-order valence-electron chi connectivity index (χ4n) is 9.72. The maximum absolute atomic E-state index is 13.7. The number of rotatable bonds is 53. The maximum Gasteiger partial charge on any atom is 0.325 e. The first-order valence-electron chi connectivity index (χ1n) is 32.6. The van der Waals surface area contributed by atoms with Gasteiger partial charge in [0.25, 0.3) is 0 Å². The van der Waals surface area contributed by atoms with Crippen LogP contribution < -0.4 is 42.5 Å². The predicted octanol–water partition coefficient (Wildman–Crippen LogP) is -9.92. The van der Waals surface area contributed by atoms with E-state index in [0.29, 0.717) is 0 Å². The second kappa shape index (κ2) is 50.4. The largest absolute Gasteiger partial charge is 0.394 e. The second-order valence-electron chi connectivity index (χ2n) is 22.8. The molecule has 0 aromatic heterocycles. The summed E-state index contributed by atoms with van der Waals surface area (Å²) in [5.74, 6) is -5.16. The summed E-state index contributed by atoms with van der Waals surface area (Å²) in [7, 11) is -3.59. The molecule has 3 saturated heterocycles. The average molecular weight is 1470 g/mol. The zero-order chi connectivity index (χ0) is 74.0. The normalized spacial score (nSPS) is 26.4. The Labute approximate surface area is 577 Å². The van der Waals surface area contributed by atoms with E-state index in [1.54, 1.807) is 0 Å². The quantitative estimate of drug-likeness (QED) is 0.0199. The minimum Gasteiger partial charge on any atom is -0.394 e. The van der Waals surface area contributed by atoms with Crippen molar-refractivity contribution >= 4 is 54.9 Å². The molecular formula is C58H105N8O33P. The summed E-state index contributed by atoms with van der Waals surface area (Å²) in [5, 5.41) is 112. The number of hydrogen-bond acceptors (Lipinski definition) is 32. The van der Waals surface area contributed by atoms with Crippen LogP contribution in [0.25, 0.3) is 0 Å². The summed E-state index contributed by atoms with van der Waals surface area (Å²) in [4.78, 5) is 112. The van der Waals surface area contributed by atoms with Gasteiger partial charge in [-0.05, 0) is 12.8 Å². The molecule has 18 N–H and O–H groups in total. The molecule has 18 unspecified atom stereocenters. The fraction of sp³-hybridized carbons (Fsp3) is 0.862. The highest BCUT2D eigenvalue weighted by Gasteiger charge is 2.48. The number of aliphatic hydroxyl groups is 9. The van der Waals surface area contributed by atoms with Crippen molar-refractivity contribution < 1.29 is 160 Å². The Kier molecular flexibility index (Phi) is 45.0. The van der Waals surface area contributed by atoms with E-state index >= 15 is 0 Å². The number of carbonyl (C=O) groups is 8. The van der Waals surface area contributed by atoms with E-state index < -0.39 is 185 Å². The lowest BCUT2D eigenvalue weighted by atomic mass is 9.97. The molecule has 0 radical (unpaired) electrons. The highest BCUT2D eigenvalue weighted by molar-refractivity contribution is 7.51. The van der Waals surface area contributed by atoms with E-state index in [2.05, 4.69) is 42.5 Å². The first kappa shape index (κ1) is 89.2. The van der Waals surface area contributed by atoms with Crippen molar-refractivity contribution in [2.24, 2.45) is 0 Å². The van der Waals surface area contributed by atoms with Crippen molar-refractivity contribution in [2.45, 2.75) is 157 Å². The molecule has 3 aliphatic heterocycles. The summed E-state index contributed by atoms with van der Waals surface area (Å²) >= 11 is 0. The molecule has 3 rings (SSSR count). The Morgan fingerprint density at radius 2 is 0.680 bits per heavy atom. The summed E-state index contributed by atoms with van der Waals surface area (Å²) in [6, 6.07) is -6.30. The summed E-state index contributed by atoms with van der Waals surface area (Å²) in [6.07, 6.45) is -18.3. The number of aliphatic hydroxyl groups excluding tert-OH is 9. The van der Waals surface area contributed by atoms with Gasteiger partial charge in [-0.2, -0.15) is 0 Å². The minimum atomic E-state index is -3.59. The molecular weight excluding hydrogens is 1370 g/mol. The monoisotopic (exact) mass is 1470 g/mol. The molecule has 41 nitrogen and oxygen atoms in total. The molecule has 0 aliphatic carbocycles. The van der Waals surface area contributed by atoms with Crippen molar-refractivity contribution in [3.05, 3.63) is 0 Å². The Morgan fingerprint density at radius 1 is 0.390 bits per heavy atom. The second-order valence-corrected chi connectivity index (χ2v) is 24.7. The SMILES string of the molecule is CC(=O)NC1C(OCCOCCNC(=O)CCC(NC(=O)CCC(NC(=O)CCOCCOCCOCCOCCOP(C)(=O)O)C(=O)NCCOCCOC2OC(CO)C(O)C(O)C2NC(C)=O)C(=O)NCCOCCOC2OC(CO)C(O)C(O)C2NC(C)=O)OC(CO)C(O)C1O. The van der Waals surface area contributed by atoms with Crippen molar-refractivity contribution in [3.8, 4) is 0 Å². The van der Waals surface area contributed by atoms with Crippen molar-refractivity contribution in [3.63, 3.8) is 0 Å². The fourth-order valence-corrected chi connectivity index (χ4v) is 10.1. The van der Waals surface area contributed by atoms with Gasteiger partial charge in [0.2, 0.25) is 47.3 Å². The number of amides is 8. The van der Waals surface area contributed by atoms with E-state index in [4.69, 9.17) is 71.0 Å². The van der Waals surface area contributed by atoms with E-state index in [1.165, 1.54) is 20.8 Å². The van der Waals surface area contributed by atoms with Crippen LogP contribution in [0, 0.1) is 0 Å². The Morgan fingerprint density at radius 3 is 1.01 bits per heavy atom. The third kappa shape index (κ3) is 36.0. The lowest BCUT2D eigenvalue weighted by Crippen LogP contribution is -2.64. The molecule has 42 heteroatoms. The molecule has 100 heavy (non-hydrogen) atoms. The molecule has 3 heterocycles. The first-order chi connectivity index (χ1) is 47.7. The third-order valence-corrected chi connectivity index (χ3v) is 15.4. The molecule has 580 valence electrons. The van der Waals surface area contributed by atoms with Gasteiger partial charge in [-0.15, -0.1) is 0 Å². The lowest BCUT2D eigenvalue weighted by Gasteiger charge is -2.42. The topological polar surface area (TPSA) is 581 Å². The molecule has 0 aromatic carbocycles. The number of hydrogen-bond donors (Lipinski definition) is 18. The molecule has 0 saturated carbocycles. The van der Waals surface area contributed by atoms with Gasteiger partial charge in [0.15, 0.2) is 18.9 Å². The van der Waals surface area contributed by atoms with E-state index in [-0.39, 0.29) is 164 Å². The predicted molar refractivity (Wildman–Crippen MR) is 337 cm³/mol. The van der Waals surface area contributed by atoms with Gasteiger partial charge in [-0.1, -0.05) is 0 Å². The molecule has 3 aliphatic rings. The summed E-state index contributed by atoms with van der Waals surface area (Å²) < 4.78 is 87.7. The first-order valence-corrected chi connectivity index (χ1v) is 34.7. The molecule has 18 atom stereocenters. The molecule has 3 fully saturated rings. The molecule has 0 spiro atoms. The maximum atomic E-state index is 13.7. The van der Waals surface area contributed by atoms with Crippen LogP contribution in [0.1, 0.15) is 52.9 Å². The van der Waals surface area contributed by atoms with Crippen LogP contribution in [0.4, 0.5) is 0 Å². The van der Waals surface area contributed by atoms with E-state index in [1.807, 2.05) is 0 Å². The standard InChI is InChI=1S/C58H105N8O33P/c1-34(70)62-45-51(79)48(76)39(31-67)97-56(45)93-27-23-87-14-10-59-42(73)7-5-37(54(82)60-11-15-88-24-28-94-57-46(63-35(2)71)52(80)49(77)40(32-68)98-57)65-43(74)8-6-38(66-44(75)9-13-86-17-18-90-19-20-91-21-22-92-26-30-96-100(4,84)85)55(83)61-12-16-89-25-29-95-58-47(64-36(3)72)53(81)50(78)41(33-69)99-58/h37-41,45-53,56-58,67-69,76-81H,5-33H2,1-4H3,(H,59,73)(H,60,82)(H,61,83)(H,62,70)(H,63,71)(H,64,72)(H,65,74)(H,66,75)(H,84,85). The Hall–Kier alpha value is -4.97. The molecule has 0 bridgehead atoms. The zero-order valence-electron chi connectivity index (χ0n) is 56.6. The third-order valence-electron chi connectivity index (χ3n) is 14.7. The average Bonchev–Trinajstić information content (AvgIpc) is 0.821. The Balaban J connectivity index is 1.61. The smallest absolute Gasteiger partial charge is 0.325 e. The number of carbonyl (C=O) groups excluding carboxylic acids is 8. The van der Waals surface area contributed by atoms with Gasteiger partial charge in [-0.3, -0.25) is 42.9 Å². The van der Waals surface area contributed by atoms with Crippen molar-refractivity contribution in [1.29, 1.82) is 0 Å². The van der Waals surface area contributed by atoms with Crippen molar-refractivity contribution in [1.82, 2.24) is 42.5 Å². The van der Waals surface area contributed by atoms with Gasteiger partial charge in [-0.25, -0.2) is 0 Å². The van der Waals surface area contributed by atoms with Gasteiger partial charge >= 0.3 is 7.60 Å². The Bertz CT molecular complexity index is 2430. The van der Waals surface area contributed by atoms with Crippen LogP contribution >= 0.6 is 7.60 Å². The summed E-state index contributed by atoms with van der Waals surface area (Å²) in [6.45, 7) is 2.27. The zero-order valence-corrected chi connectivity index (χ0v) is 57.5. The van der Waals surface area contributed by atoms with E-state index in [0.717, 1.165) is 6.66 Å².